The molecule has 3 rings (SSSR count). The molecule has 2 aromatic carbocycles. The van der Waals surface area contributed by atoms with E-state index >= 15 is 0 Å². The number of likely N-dealkylation sites (N-methyl/N-ethyl adjacent to an activating group) is 1. The van der Waals surface area contributed by atoms with Gasteiger partial charge >= 0.3 is 0 Å². The molecule has 2 aromatic rings. The van der Waals surface area contributed by atoms with Gasteiger partial charge in [0.05, 0.1) is 6.61 Å². The van der Waals surface area contributed by atoms with Gasteiger partial charge in [-0.15, -0.1) is 0 Å². The highest BCUT2D eigenvalue weighted by Gasteiger charge is 2.29. The SMILES string of the molecule is CCNC(c1cccc(Cl)c1)C1CCOc2ccccc21. The van der Waals surface area contributed by atoms with E-state index < -0.39 is 0 Å². The zero-order valence-electron chi connectivity index (χ0n) is 12.2. The third-order valence-corrected chi connectivity index (χ3v) is 4.27. The number of fused-ring (bicyclic) bond motifs is 1. The first-order chi connectivity index (χ1) is 10.3. The average Bonchev–Trinajstić information content (AvgIpc) is 2.52. The maximum absolute atomic E-state index is 6.18. The van der Waals surface area contributed by atoms with Crippen LogP contribution in [0.2, 0.25) is 5.02 Å². The summed E-state index contributed by atoms with van der Waals surface area (Å²) in [6.07, 6.45) is 1.02. The van der Waals surface area contributed by atoms with Crippen LogP contribution in [0.15, 0.2) is 48.5 Å². The highest BCUT2D eigenvalue weighted by atomic mass is 35.5. The van der Waals surface area contributed by atoms with Crippen LogP contribution >= 0.6 is 11.6 Å². The minimum absolute atomic E-state index is 0.263. The first-order valence-electron chi connectivity index (χ1n) is 7.50. The maximum atomic E-state index is 6.18. The number of rotatable bonds is 4. The Labute approximate surface area is 131 Å². The van der Waals surface area contributed by atoms with Gasteiger partial charge in [-0.05, 0) is 42.3 Å². The second-order valence-electron chi connectivity index (χ2n) is 5.37. The molecule has 0 fully saturated rings. The molecule has 0 radical (unpaired) electrons. The van der Waals surface area contributed by atoms with E-state index in [-0.39, 0.29) is 6.04 Å². The molecule has 0 spiro atoms. The van der Waals surface area contributed by atoms with Gasteiger partial charge in [-0.2, -0.15) is 0 Å². The van der Waals surface area contributed by atoms with Crippen LogP contribution in [0.3, 0.4) is 0 Å². The van der Waals surface area contributed by atoms with Crippen LogP contribution in [-0.4, -0.2) is 13.2 Å². The van der Waals surface area contributed by atoms with Crippen LogP contribution in [0, 0.1) is 0 Å². The summed E-state index contributed by atoms with van der Waals surface area (Å²) < 4.78 is 5.79. The Morgan fingerprint density at radius 2 is 2.10 bits per heavy atom. The lowest BCUT2D eigenvalue weighted by atomic mass is 9.83. The molecule has 3 heteroatoms. The molecule has 2 nitrogen and oxygen atoms in total. The molecule has 1 heterocycles. The zero-order valence-corrected chi connectivity index (χ0v) is 12.9. The molecule has 0 aromatic heterocycles. The number of halogens is 1. The summed E-state index contributed by atoms with van der Waals surface area (Å²) in [4.78, 5) is 0. The second-order valence-corrected chi connectivity index (χ2v) is 5.81. The topological polar surface area (TPSA) is 21.3 Å². The Balaban J connectivity index is 1.99. The van der Waals surface area contributed by atoms with E-state index in [4.69, 9.17) is 16.3 Å². The summed E-state index contributed by atoms with van der Waals surface area (Å²) >= 11 is 6.18. The Bertz CT molecular complexity index is 614. The third-order valence-electron chi connectivity index (χ3n) is 4.04. The molecular weight excluding hydrogens is 282 g/mol. The predicted octanol–water partition coefficient (Wildman–Crippen LogP) is 4.56. The fourth-order valence-corrected chi connectivity index (χ4v) is 3.33. The number of benzene rings is 2. The molecule has 2 unspecified atom stereocenters. The largest absolute Gasteiger partial charge is 0.493 e. The summed E-state index contributed by atoms with van der Waals surface area (Å²) in [6.45, 7) is 3.84. The second kappa shape index (κ2) is 6.50. The lowest BCUT2D eigenvalue weighted by Crippen LogP contribution is -2.30. The number of nitrogens with one attached hydrogen (secondary N) is 1. The van der Waals surface area contributed by atoms with Crippen molar-refractivity contribution in [2.24, 2.45) is 0 Å². The summed E-state index contributed by atoms with van der Waals surface area (Å²) in [5, 5.41) is 4.41. The van der Waals surface area contributed by atoms with Crippen LogP contribution < -0.4 is 10.1 Å². The van der Waals surface area contributed by atoms with E-state index in [2.05, 4.69) is 42.6 Å². The molecule has 1 aliphatic rings. The van der Waals surface area contributed by atoms with Crippen molar-refractivity contribution in [2.75, 3.05) is 13.2 Å². The lowest BCUT2D eigenvalue weighted by Gasteiger charge is -2.33. The fourth-order valence-electron chi connectivity index (χ4n) is 3.13. The molecule has 0 aliphatic carbocycles. The van der Waals surface area contributed by atoms with Crippen LogP contribution in [0.25, 0.3) is 0 Å². The van der Waals surface area contributed by atoms with Crippen molar-refractivity contribution in [1.29, 1.82) is 0 Å². The van der Waals surface area contributed by atoms with Gasteiger partial charge in [-0.3, -0.25) is 0 Å². The van der Waals surface area contributed by atoms with E-state index in [9.17, 15) is 0 Å². The van der Waals surface area contributed by atoms with Crippen molar-refractivity contribution in [3.8, 4) is 5.75 Å². The van der Waals surface area contributed by atoms with Crippen molar-refractivity contribution in [1.82, 2.24) is 5.32 Å². The van der Waals surface area contributed by atoms with Gasteiger partial charge in [-0.1, -0.05) is 48.9 Å². The number of para-hydroxylation sites is 1. The smallest absolute Gasteiger partial charge is 0.122 e. The summed E-state index contributed by atoms with van der Waals surface area (Å²) in [6, 6.07) is 16.8. The first kappa shape index (κ1) is 14.4. The molecule has 21 heavy (non-hydrogen) atoms. The molecule has 0 bridgehead atoms. The minimum Gasteiger partial charge on any atom is -0.493 e. The highest BCUT2D eigenvalue weighted by Crippen LogP contribution is 2.41. The Kier molecular flexibility index (Phi) is 4.47. The lowest BCUT2D eigenvalue weighted by molar-refractivity contribution is 0.246. The van der Waals surface area contributed by atoms with Crippen LogP contribution in [0.1, 0.15) is 36.4 Å². The normalized spacial score (nSPS) is 18.7. The van der Waals surface area contributed by atoms with Gasteiger partial charge in [0.25, 0.3) is 0 Å². The van der Waals surface area contributed by atoms with Gasteiger partial charge in [0.15, 0.2) is 0 Å². The van der Waals surface area contributed by atoms with Crippen LogP contribution in [0.4, 0.5) is 0 Å². The van der Waals surface area contributed by atoms with Crippen molar-refractivity contribution in [3.63, 3.8) is 0 Å². The van der Waals surface area contributed by atoms with Crippen LogP contribution in [0.5, 0.6) is 5.75 Å². The van der Waals surface area contributed by atoms with Gasteiger partial charge < -0.3 is 10.1 Å². The van der Waals surface area contributed by atoms with Crippen molar-refractivity contribution in [2.45, 2.75) is 25.3 Å². The number of ether oxygens (including phenoxy) is 1. The molecule has 0 amide bonds. The number of hydrogen-bond acceptors (Lipinski definition) is 2. The Morgan fingerprint density at radius 1 is 1.24 bits per heavy atom. The third kappa shape index (κ3) is 3.07. The molecule has 1 N–H and O–H groups in total. The zero-order chi connectivity index (χ0) is 14.7. The summed E-state index contributed by atoms with van der Waals surface area (Å²) in [5.74, 6) is 1.42. The first-order valence-corrected chi connectivity index (χ1v) is 7.88. The molecule has 0 saturated heterocycles. The van der Waals surface area contributed by atoms with Crippen molar-refractivity contribution in [3.05, 3.63) is 64.7 Å². The van der Waals surface area contributed by atoms with Crippen molar-refractivity contribution >= 4 is 11.6 Å². The summed E-state index contributed by atoms with van der Waals surface area (Å²) in [5.41, 5.74) is 2.53. The average molecular weight is 302 g/mol. The monoisotopic (exact) mass is 301 g/mol. The minimum atomic E-state index is 0.263. The van der Waals surface area contributed by atoms with Crippen LogP contribution in [-0.2, 0) is 0 Å². The molecule has 110 valence electrons. The van der Waals surface area contributed by atoms with Gasteiger partial charge in [0.2, 0.25) is 0 Å². The standard InChI is InChI=1S/C18H20ClNO/c1-2-20-18(13-6-5-7-14(19)12-13)16-10-11-21-17-9-4-3-8-15(16)17/h3-9,12,16,18,20H,2,10-11H2,1H3. The van der Waals surface area contributed by atoms with Gasteiger partial charge in [0, 0.05) is 17.0 Å². The molecule has 1 aliphatic heterocycles. The van der Waals surface area contributed by atoms with Gasteiger partial charge in [-0.25, -0.2) is 0 Å². The fraction of sp³-hybridized carbons (Fsp3) is 0.333. The predicted molar refractivity (Wildman–Crippen MR) is 87.2 cm³/mol. The number of hydrogen-bond donors (Lipinski definition) is 1. The molecular formula is C18H20ClNO. The van der Waals surface area contributed by atoms with Crippen molar-refractivity contribution < 1.29 is 4.74 Å². The Hall–Kier alpha value is -1.51. The quantitative estimate of drug-likeness (QED) is 0.894. The van der Waals surface area contributed by atoms with E-state index in [1.54, 1.807) is 0 Å². The van der Waals surface area contributed by atoms with E-state index in [1.165, 1.54) is 11.1 Å². The Morgan fingerprint density at radius 3 is 2.90 bits per heavy atom. The van der Waals surface area contributed by atoms with Gasteiger partial charge in [0.1, 0.15) is 5.75 Å². The summed E-state index contributed by atoms with van der Waals surface area (Å²) in [7, 11) is 0. The van der Waals surface area contributed by atoms with E-state index in [0.29, 0.717) is 5.92 Å². The molecule has 2 atom stereocenters. The van der Waals surface area contributed by atoms with E-state index in [0.717, 1.165) is 30.3 Å². The highest BCUT2D eigenvalue weighted by molar-refractivity contribution is 6.30. The molecule has 0 saturated carbocycles. The van der Waals surface area contributed by atoms with E-state index in [1.807, 2.05) is 18.2 Å². The maximum Gasteiger partial charge on any atom is 0.122 e.